The molecular weight excluding hydrogens is 274 g/mol. The zero-order valence-corrected chi connectivity index (χ0v) is 11.1. The standard InChI is InChI=1S/C13H13N5O3/c1-2-10(19)17-4-3-8(6-17)18-12-9(5-14-7-15-12)11(16-18)13(20)21/h2,5,7-8H,1,3-4,6H2,(H,20,21). The largest absolute Gasteiger partial charge is 0.476 e. The van der Waals surface area contributed by atoms with Gasteiger partial charge in [-0.25, -0.2) is 19.4 Å². The normalized spacial score (nSPS) is 18.1. The molecule has 3 heterocycles. The van der Waals surface area contributed by atoms with Crippen LogP contribution in [0.2, 0.25) is 0 Å². The number of fused-ring (bicyclic) bond motifs is 1. The Kier molecular flexibility index (Phi) is 3.13. The van der Waals surface area contributed by atoms with E-state index >= 15 is 0 Å². The molecule has 8 nitrogen and oxygen atoms in total. The summed E-state index contributed by atoms with van der Waals surface area (Å²) in [6, 6.07) is -0.0978. The number of carboxylic acid groups (broad SMARTS) is 1. The van der Waals surface area contributed by atoms with Gasteiger partial charge in [0.15, 0.2) is 11.3 Å². The number of hydrogen-bond donors (Lipinski definition) is 1. The highest BCUT2D eigenvalue weighted by atomic mass is 16.4. The third-order valence-electron chi connectivity index (χ3n) is 3.57. The van der Waals surface area contributed by atoms with Gasteiger partial charge in [0, 0.05) is 19.3 Å². The van der Waals surface area contributed by atoms with Crippen molar-refractivity contribution in [3.8, 4) is 0 Å². The Morgan fingerprint density at radius 1 is 1.48 bits per heavy atom. The molecule has 1 unspecified atom stereocenters. The summed E-state index contributed by atoms with van der Waals surface area (Å²) in [6.45, 7) is 4.52. The summed E-state index contributed by atoms with van der Waals surface area (Å²) < 4.78 is 1.58. The summed E-state index contributed by atoms with van der Waals surface area (Å²) in [6.07, 6.45) is 4.76. The lowest BCUT2D eigenvalue weighted by molar-refractivity contribution is -0.125. The van der Waals surface area contributed by atoms with E-state index in [0.29, 0.717) is 30.5 Å². The van der Waals surface area contributed by atoms with Gasteiger partial charge in [-0.3, -0.25) is 4.79 Å². The van der Waals surface area contributed by atoms with Gasteiger partial charge < -0.3 is 10.0 Å². The fourth-order valence-corrected chi connectivity index (χ4v) is 2.57. The number of amides is 1. The number of hydrogen-bond acceptors (Lipinski definition) is 5. The van der Waals surface area contributed by atoms with Crippen LogP contribution in [0.15, 0.2) is 25.2 Å². The molecule has 0 aliphatic carbocycles. The highest BCUT2D eigenvalue weighted by Crippen LogP contribution is 2.26. The molecule has 0 aromatic carbocycles. The average Bonchev–Trinajstić information content (AvgIpc) is 3.10. The first-order valence-corrected chi connectivity index (χ1v) is 6.44. The molecule has 1 atom stereocenters. The monoisotopic (exact) mass is 287 g/mol. The Morgan fingerprint density at radius 2 is 2.29 bits per heavy atom. The van der Waals surface area contributed by atoms with Crippen LogP contribution in [0.1, 0.15) is 23.0 Å². The van der Waals surface area contributed by atoms with Crippen LogP contribution in [0.5, 0.6) is 0 Å². The molecule has 0 spiro atoms. The third kappa shape index (κ3) is 2.14. The SMILES string of the molecule is C=CC(=O)N1CCC(n2nc(C(=O)O)c3cncnc32)C1. The van der Waals surface area contributed by atoms with Gasteiger partial charge in [0.25, 0.3) is 0 Å². The van der Waals surface area contributed by atoms with Crippen molar-refractivity contribution in [1.82, 2.24) is 24.6 Å². The smallest absolute Gasteiger partial charge is 0.357 e. The molecule has 0 radical (unpaired) electrons. The molecule has 8 heteroatoms. The van der Waals surface area contributed by atoms with Crippen molar-refractivity contribution < 1.29 is 14.7 Å². The molecule has 3 rings (SSSR count). The third-order valence-corrected chi connectivity index (χ3v) is 3.57. The highest BCUT2D eigenvalue weighted by molar-refractivity contribution is 5.99. The van der Waals surface area contributed by atoms with Gasteiger partial charge in [0.05, 0.1) is 11.4 Å². The maximum atomic E-state index is 11.6. The van der Waals surface area contributed by atoms with Gasteiger partial charge in [-0.15, -0.1) is 0 Å². The van der Waals surface area contributed by atoms with E-state index in [0.717, 1.165) is 0 Å². The van der Waals surface area contributed by atoms with Gasteiger partial charge in [-0.2, -0.15) is 5.10 Å². The van der Waals surface area contributed by atoms with Crippen molar-refractivity contribution in [2.45, 2.75) is 12.5 Å². The number of aromatic carboxylic acids is 1. The molecule has 2 aromatic heterocycles. The second-order valence-electron chi connectivity index (χ2n) is 4.79. The van der Waals surface area contributed by atoms with Crippen LogP contribution in [-0.2, 0) is 4.79 Å². The molecule has 1 fully saturated rings. The molecule has 1 saturated heterocycles. The van der Waals surface area contributed by atoms with Crippen LogP contribution in [0, 0.1) is 0 Å². The van der Waals surface area contributed by atoms with Crippen molar-refractivity contribution in [2.75, 3.05) is 13.1 Å². The molecule has 0 saturated carbocycles. The first kappa shape index (κ1) is 13.2. The van der Waals surface area contributed by atoms with E-state index in [2.05, 4.69) is 21.6 Å². The van der Waals surface area contributed by atoms with Crippen molar-refractivity contribution in [3.05, 3.63) is 30.9 Å². The number of rotatable bonds is 3. The predicted molar refractivity (Wildman–Crippen MR) is 72.7 cm³/mol. The Hall–Kier alpha value is -2.77. The Labute approximate surface area is 119 Å². The van der Waals surface area contributed by atoms with E-state index in [4.69, 9.17) is 0 Å². The number of carboxylic acids is 1. The molecule has 1 aliphatic heterocycles. The first-order valence-electron chi connectivity index (χ1n) is 6.44. The fourth-order valence-electron chi connectivity index (χ4n) is 2.57. The van der Waals surface area contributed by atoms with Crippen LogP contribution in [-0.4, -0.2) is 54.7 Å². The molecule has 2 aromatic rings. The van der Waals surface area contributed by atoms with Gasteiger partial charge >= 0.3 is 5.97 Å². The van der Waals surface area contributed by atoms with Crippen molar-refractivity contribution in [2.24, 2.45) is 0 Å². The average molecular weight is 287 g/mol. The minimum absolute atomic E-state index is 0.0703. The molecule has 21 heavy (non-hydrogen) atoms. The quantitative estimate of drug-likeness (QED) is 0.824. The number of likely N-dealkylation sites (tertiary alicyclic amines) is 1. The highest BCUT2D eigenvalue weighted by Gasteiger charge is 2.30. The summed E-state index contributed by atoms with van der Waals surface area (Å²) >= 11 is 0. The maximum absolute atomic E-state index is 11.6. The van der Waals surface area contributed by atoms with E-state index in [-0.39, 0.29) is 17.6 Å². The van der Waals surface area contributed by atoms with E-state index in [1.54, 1.807) is 9.58 Å². The number of aromatic nitrogens is 4. The van der Waals surface area contributed by atoms with Crippen molar-refractivity contribution in [1.29, 1.82) is 0 Å². The lowest BCUT2D eigenvalue weighted by Gasteiger charge is -2.14. The summed E-state index contributed by atoms with van der Waals surface area (Å²) in [5, 5.41) is 13.8. The maximum Gasteiger partial charge on any atom is 0.357 e. The minimum atomic E-state index is -1.12. The van der Waals surface area contributed by atoms with E-state index in [1.807, 2.05) is 0 Å². The molecule has 1 N–H and O–H groups in total. The number of nitrogens with zero attached hydrogens (tertiary/aromatic N) is 5. The molecule has 108 valence electrons. The van der Waals surface area contributed by atoms with Gasteiger partial charge in [0.1, 0.15) is 6.33 Å². The molecular formula is C13H13N5O3. The lowest BCUT2D eigenvalue weighted by Crippen LogP contribution is -2.27. The summed E-state index contributed by atoms with van der Waals surface area (Å²) in [7, 11) is 0. The molecule has 1 amide bonds. The van der Waals surface area contributed by atoms with E-state index in [1.165, 1.54) is 18.6 Å². The second kappa shape index (κ2) is 4.97. The predicted octanol–water partition coefficient (Wildman–Crippen LogP) is 0.484. The van der Waals surface area contributed by atoms with Gasteiger partial charge in [0.2, 0.25) is 5.91 Å². The fraction of sp³-hybridized carbons (Fsp3) is 0.308. The van der Waals surface area contributed by atoms with E-state index in [9.17, 15) is 14.7 Å². The number of carbonyl (C=O) groups excluding carboxylic acids is 1. The molecule has 0 bridgehead atoms. The first-order chi connectivity index (χ1) is 10.1. The van der Waals surface area contributed by atoms with E-state index < -0.39 is 5.97 Å². The summed E-state index contributed by atoms with van der Waals surface area (Å²) in [5.74, 6) is -1.26. The zero-order valence-electron chi connectivity index (χ0n) is 11.1. The van der Waals surface area contributed by atoms with Crippen LogP contribution in [0.25, 0.3) is 11.0 Å². The Morgan fingerprint density at radius 3 is 3.00 bits per heavy atom. The zero-order chi connectivity index (χ0) is 15.0. The van der Waals surface area contributed by atoms with Crippen LogP contribution in [0.4, 0.5) is 0 Å². The summed E-state index contributed by atoms with van der Waals surface area (Å²) in [5.41, 5.74) is 0.402. The van der Waals surface area contributed by atoms with Gasteiger partial charge in [-0.05, 0) is 12.5 Å². The minimum Gasteiger partial charge on any atom is -0.476 e. The number of carbonyl (C=O) groups is 2. The van der Waals surface area contributed by atoms with Crippen LogP contribution >= 0.6 is 0 Å². The Bertz CT molecular complexity index is 738. The topological polar surface area (TPSA) is 101 Å². The van der Waals surface area contributed by atoms with Crippen molar-refractivity contribution in [3.63, 3.8) is 0 Å². The summed E-state index contributed by atoms with van der Waals surface area (Å²) in [4.78, 5) is 32.5. The van der Waals surface area contributed by atoms with Crippen molar-refractivity contribution >= 4 is 22.9 Å². The van der Waals surface area contributed by atoms with Crippen LogP contribution < -0.4 is 0 Å². The van der Waals surface area contributed by atoms with Crippen LogP contribution in [0.3, 0.4) is 0 Å². The second-order valence-corrected chi connectivity index (χ2v) is 4.79. The molecule has 1 aliphatic rings. The lowest BCUT2D eigenvalue weighted by atomic mass is 10.2. The Balaban J connectivity index is 2.00. The van der Waals surface area contributed by atoms with Gasteiger partial charge in [-0.1, -0.05) is 6.58 Å².